The normalized spacial score (nSPS) is 15.9. The summed E-state index contributed by atoms with van der Waals surface area (Å²) in [5.74, 6) is 0.0779. The summed E-state index contributed by atoms with van der Waals surface area (Å²) in [5.41, 5.74) is 5.87. The lowest BCUT2D eigenvalue weighted by atomic mass is 9.97. The molecular formula is C38H40ClN3O4. The molecule has 1 N–H and O–H groups in total. The van der Waals surface area contributed by atoms with Crippen molar-refractivity contribution in [3.05, 3.63) is 122 Å². The molecule has 3 heterocycles. The van der Waals surface area contributed by atoms with Crippen molar-refractivity contribution in [2.45, 2.75) is 64.5 Å². The maximum Gasteiger partial charge on any atom is 0.287 e. The van der Waals surface area contributed by atoms with Crippen molar-refractivity contribution in [2.75, 3.05) is 24.5 Å². The SMILES string of the molecule is CC(C)c1ccc2oc(C(=O)N[C@@H](C=C3CCN(c4ccccc4CN4CCCC4=O)CC3)Cc3ccc(Cl)cc3)cc(=O)c2c1. The van der Waals surface area contributed by atoms with Gasteiger partial charge in [0, 0.05) is 49.4 Å². The Morgan fingerprint density at radius 2 is 1.72 bits per heavy atom. The van der Waals surface area contributed by atoms with E-state index in [9.17, 15) is 14.4 Å². The minimum Gasteiger partial charge on any atom is -0.451 e. The number of rotatable bonds is 9. The number of nitrogens with one attached hydrogen (secondary N) is 1. The van der Waals surface area contributed by atoms with Gasteiger partial charge in [-0.1, -0.05) is 73.5 Å². The predicted octanol–water partition coefficient (Wildman–Crippen LogP) is 7.26. The quantitative estimate of drug-likeness (QED) is 0.195. The molecule has 2 aliphatic rings. The molecule has 0 bridgehead atoms. The standard InChI is InChI=1S/C38H40ClN3O4/c1-25(2)28-11-14-35-32(22-28)34(43)23-36(46-35)38(45)40-31(20-26-9-12-30(39)13-10-26)21-27-15-18-41(19-16-27)33-7-4-3-6-29(33)24-42-17-5-8-37(42)44/h3-4,6-7,9-14,21-23,25,31H,5,8,15-20,24H2,1-2H3,(H,40,45)/t31-/m1/s1. The lowest BCUT2D eigenvalue weighted by Gasteiger charge is -2.33. The Bertz CT molecular complexity index is 1820. The Hall–Kier alpha value is -4.36. The zero-order valence-electron chi connectivity index (χ0n) is 26.4. The van der Waals surface area contributed by atoms with E-state index in [1.807, 2.05) is 47.4 Å². The smallest absolute Gasteiger partial charge is 0.287 e. The fraction of sp³-hybridized carbons (Fsp3) is 0.342. The molecule has 238 valence electrons. The lowest BCUT2D eigenvalue weighted by molar-refractivity contribution is -0.128. The number of likely N-dealkylation sites (tertiary alicyclic amines) is 1. The van der Waals surface area contributed by atoms with E-state index >= 15 is 0 Å². The van der Waals surface area contributed by atoms with Crippen LogP contribution in [0.15, 0.2) is 93.7 Å². The van der Waals surface area contributed by atoms with Crippen molar-refractivity contribution in [1.82, 2.24) is 10.2 Å². The van der Waals surface area contributed by atoms with E-state index in [1.165, 1.54) is 22.9 Å². The van der Waals surface area contributed by atoms with Gasteiger partial charge in [0.15, 0.2) is 11.2 Å². The fourth-order valence-electron chi connectivity index (χ4n) is 6.43. The van der Waals surface area contributed by atoms with Crippen LogP contribution in [-0.2, 0) is 17.8 Å². The van der Waals surface area contributed by atoms with Gasteiger partial charge in [-0.3, -0.25) is 14.4 Å². The highest BCUT2D eigenvalue weighted by Gasteiger charge is 2.24. The largest absolute Gasteiger partial charge is 0.451 e. The Morgan fingerprint density at radius 1 is 0.957 bits per heavy atom. The predicted molar refractivity (Wildman–Crippen MR) is 184 cm³/mol. The highest BCUT2D eigenvalue weighted by molar-refractivity contribution is 6.30. The lowest BCUT2D eigenvalue weighted by Crippen LogP contribution is -2.37. The van der Waals surface area contributed by atoms with Crippen LogP contribution in [0.5, 0.6) is 0 Å². The van der Waals surface area contributed by atoms with E-state index < -0.39 is 5.91 Å². The van der Waals surface area contributed by atoms with Gasteiger partial charge in [-0.15, -0.1) is 0 Å². The Kier molecular flexibility index (Phi) is 9.59. The average Bonchev–Trinajstić information content (AvgIpc) is 3.46. The van der Waals surface area contributed by atoms with Gasteiger partial charge in [0.05, 0.1) is 11.4 Å². The molecule has 7 nitrogen and oxygen atoms in total. The number of nitrogens with zero attached hydrogens (tertiary/aromatic N) is 2. The van der Waals surface area contributed by atoms with Crippen molar-refractivity contribution in [3.8, 4) is 0 Å². The molecule has 8 heteroatoms. The molecule has 0 saturated carbocycles. The minimum absolute atomic E-state index is 0.00258. The zero-order chi connectivity index (χ0) is 32.2. The molecule has 1 atom stereocenters. The van der Waals surface area contributed by atoms with Crippen LogP contribution in [-0.4, -0.2) is 42.4 Å². The molecule has 2 saturated heterocycles. The molecule has 0 spiro atoms. The van der Waals surface area contributed by atoms with Gasteiger partial charge in [-0.2, -0.15) is 0 Å². The first-order valence-electron chi connectivity index (χ1n) is 16.2. The van der Waals surface area contributed by atoms with Gasteiger partial charge in [-0.25, -0.2) is 0 Å². The van der Waals surface area contributed by atoms with E-state index in [-0.39, 0.29) is 29.1 Å². The summed E-state index contributed by atoms with van der Waals surface area (Å²) in [6.07, 6.45) is 6.00. The number of hydrogen-bond acceptors (Lipinski definition) is 5. The van der Waals surface area contributed by atoms with Crippen LogP contribution in [0.2, 0.25) is 5.02 Å². The maximum atomic E-state index is 13.5. The summed E-state index contributed by atoms with van der Waals surface area (Å²) in [6.45, 7) is 7.30. The number of benzene rings is 3. The van der Waals surface area contributed by atoms with Crippen molar-refractivity contribution in [2.24, 2.45) is 0 Å². The Balaban J connectivity index is 1.19. The first-order valence-corrected chi connectivity index (χ1v) is 16.5. The second-order valence-electron chi connectivity index (χ2n) is 12.7. The summed E-state index contributed by atoms with van der Waals surface area (Å²) in [5, 5.41) is 4.26. The molecule has 4 aromatic rings. The monoisotopic (exact) mass is 637 g/mol. The highest BCUT2D eigenvalue weighted by Crippen LogP contribution is 2.29. The van der Waals surface area contributed by atoms with Crippen molar-refractivity contribution in [3.63, 3.8) is 0 Å². The third kappa shape index (κ3) is 7.37. The minimum atomic E-state index is -0.425. The van der Waals surface area contributed by atoms with E-state index in [4.69, 9.17) is 16.0 Å². The van der Waals surface area contributed by atoms with Gasteiger partial charge in [-0.05, 0) is 78.6 Å². The van der Waals surface area contributed by atoms with E-state index in [1.54, 1.807) is 6.07 Å². The van der Waals surface area contributed by atoms with Gasteiger partial charge in [0.25, 0.3) is 5.91 Å². The van der Waals surface area contributed by atoms with E-state index in [0.717, 1.165) is 50.0 Å². The van der Waals surface area contributed by atoms with E-state index in [2.05, 4.69) is 48.3 Å². The van der Waals surface area contributed by atoms with E-state index in [0.29, 0.717) is 35.4 Å². The van der Waals surface area contributed by atoms with Crippen LogP contribution in [0.3, 0.4) is 0 Å². The molecule has 3 aromatic carbocycles. The summed E-state index contributed by atoms with van der Waals surface area (Å²) in [4.78, 5) is 43.2. The first kappa shape index (κ1) is 31.6. The maximum absolute atomic E-state index is 13.5. The number of para-hydroxylation sites is 1. The van der Waals surface area contributed by atoms with Gasteiger partial charge < -0.3 is 19.5 Å². The molecular weight excluding hydrogens is 598 g/mol. The Morgan fingerprint density at radius 3 is 2.43 bits per heavy atom. The molecule has 0 unspecified atom stereocenters. The molecule has 46 heavy (non-hydrogen) atoms. The summed E-state index contributed by atoms with van der Waals surface area (Å²) in [7, 11) is 0. The second-order valence-corrected chi connectivity index (χ2v) is 13.1. The topological polar surface area (TPSA) is 82.9 Å². The number of carbonyl (C=O) groups is 2. The second kappa shape index (κ2) is 14.0. The molecule has 2 fully saturated rings. The number of amides is 2. The molecule has 6 rings (SSSR count). The van der Waals surface area contributed by atoms with Crippen LogP contribution in [0, 0.1) is 0 Å². The number of hydrogen-bond donors (Lipinski definition) is 1. The molecule has 0 radical (unpaired) electrons. The van der Waals surface area contributed by atoms with Crippen LogP contribution in [0.4, 0.5) is 5.69 Å². The molecule has 2 aliphatic heterocycles. The van der Waals surface area contributed by atoms with Crippen LogP contribution in [0.1, 0.15) is 72.7 Å². The third-order valence-electron chi connectivity index (χ3n) is 9.03. The zero-order valence-corrected chi connectivity index (χ0v) is 27.2. The van der Waals surface area contributed by atoms with Gasteiger partial charge in [0.2, 0.25) is 5.91 Å². The van der Waals surface area contributed by atoms with Crippen LogP contribution in [0.25, 0.3) is 11.0 Å². The van der Waals surface area contributed by atoms with Crippen LogP contribution < -0.4 is 15.6 Å². The third-order valence-corrected chi connectivity index (χ3v) is 9.29. The molecule has 2 amide bonds. The number of piperidine rings is 1. The Labute approximate surface area is 274 Å². The average molecular weight is 638 g/mol. The number of anilines is 1. The van der Waals surface area contributed by atoms with Crippen molar-refractivity contribution >= 4 is 40.1 Å². The van der Waals surface area contributed by atoms with Gasteiger partial charge >= 0.3 is 0 Å². The summed E-state index contributed by atoms with van der Waals surface area (Å²) in [6, 6.07) is 22.5. The number of carbonyl (C=O) groups excluding carboxylic acids is 2. The van der Waals surface area contributed by atoms with Crippen molar-refractivity contribution < 1.29 is 14.0 Å². The first-order chi connectivity index (χ1) is 22.2. The number of fused-ring (bicyclic) bond motifs is 1. The fourth-order valence-corrected chi connectivity index (χ4v) is 6.55. The summed E-state index contributed by atoms with van der Waals surface area (Å²) < 4.78 is 5.94. The highest BCUT2D eigenvalue weighted by atomic mass is 35.5. The van der Waals surface area contributed by atoms with Gasteiger partial charge in [0.1, 0.15) is 5.58 Å². The summed E-state index contributed by atoms with van der Waals surface area (Å²) >= 11 is 6.14. The van der Waals surface area contributed by atoms with Crippen molar-refractivity contribution in [1.29, 1.82) is 0 Å². The van der Waals surface area contributed by atoms with Crippen LogP contribution >= 0.6 is 11.6 Å². The molecule has 0 aliphatic carbocycles. The molecule has 1 aromatic heterocycles. The number of halogens is 1.